The molecule has 0 bridgehead atoms. The number of carbonyl (C=O) groups excluding carboxylic acids is 1. The lowest BCUT2D eigenvalue weighted by molar-refractivity contribution is -0.120. The van der Waals surface area contributed by atoms with Gasteiger partial charge in [-0.1, -0.05) is 61.9 Å². The van der Waals surface area contributed by atoms with Crippen molar-refractivity contribution in [2.45, 2.75) is 49.6 Å². The quantitative estimate of drug-likeness (QED) is 0.465. The minimum Gasteiger partial charge on any atom is -0.497 e. The van der Waals surface area contributed by atoms with Crippen molar-refractivity contribution in [1.82, 2.24) is 10.2 Å². The van der Waals surface area contributed by atoms with Crippen molar-refractivity contribution >= 4 is 34.1 Å². The number of anilines is 1. The molecule has 2 rings (SSSR count). The van der Waals surface area contributed by atoms with Gasteiger partial charge in [0.2, 0.25) is 11.0 Å². The Hall–Kier alpha value is -1.60. The Kier molecular flexibility index (Phi) is 8.21. The average molecular weight is 380 g/mol. The third kappa shape index (κ3) is 6.32. The van der Waals surface area contributed by atoms with E-state index in [2.05, 4.69) is 35.4 Å². The van der Waals surface area contributed by atoms with Gasteiger partial charge in [0, 0.05) is 11.7 Å². The van der Waals surface area contributed by atoms with E-state index in [-0.39, 0.29) is 11.8 Å². The topological polar surface area (TPSA) is 64.1 Å². The highest BCUT2D eigenvalue weighted by Gasteiger charge is 2.17. The van der Waals surface area contributed by atoms with Gasteiger partial charge in [-0.2, -0.15) is 0 Å². The van der Waals surface area contributed by atoms with Crippen LogP contribution in [0.4, 0.5) is 5.13 Å². The molecular formula is C18H25N3O2S2. The van der Waals surface area contributed by atoms with Crippen LogP contribution in [0.25, 0.3) is 0 Å². The van der Waals surface area contributed by atoms with Crippen molar-refractivity contribution in [3.63, 3.8) is 0 Å². The maximum absolute atomic E-state index is 12.3. The fourth-order valence-corrected chi connectivity index (χ4v) is 4.10. The van der Waals surface area contributed by atoms with E-state index < -0.39 is 0 Å². The van der Waals surface area contributed by atoms with E-state index in [1.807, 2.05) is 18.2 Å². The Bertz CT molecular complexity index is 676. The first-order chi connectivity index (χ1) is 12.2. The number of nitrogens with one attached hydrogen (secondary N) is 1. The maximum atomic E-state index is 12.3. The number of hydrogen-bond donors (Lipinski definition) is 1. The van der Waals surface area contributed by atoms with Gasteiger partial charge >= 0.3 is 0 Å². The summed E-state index contributed by atoms with van der Waals surface area (Å²) in [5.41, 5.74) is 1.16. The molecule has 0 aliphatic carbocycles. The summed E-state index contributed by atoms with van der Waals surface area (Å²) in [5.74, 6) is 1.74. The highest BCUT2D eigenvalue weighted by atomic mass is 32.2. The van der Waals surface area contributed by atoms with Crippen LogP contribution in [0.2, 0.25) is 0 Å². The molecule has 0 saturated heterocycles. The molecule has 25 heavy (non-hydrogen) atoms. The molecule has 1 amide bonds. The zero-order valence-electron chi connectivity index (χ0n) is 14.9. The second-order valence-electron chi connectivity index (χ2n) is 5.75. The molecule has 1 heterocycles. The molecule has 1 aromatic heterocycles. The van der Waals surface area contributed by atoms with Gasteiger partial charge in [-0.3, -0.25) is 4.79 Å². The van der Waals surface area contributed by atoms with Crippen LogP contribution in [-0.2, 0) is 10.5 Å². The molecule has 136 valence electrons. The summed E-state index contributed by atoms with van der Waals surface area (Å²) in [6, 6.07) is 7.96. The lowest BCUT2D eigenvalue weighted by atomic mass is 9.99. The van der Waals surface area contributed by atoms with E-state index in [9.17, 15) is 4.79 Å². The average Bonchev–Trinajstić information content (AvgIpc) is 3.08. The van der Waals surface area contributed by atoms with Crippen LogP contribution >= 0.6 is 23.1 Å². The van der Waals surface area contributed by atoms with E-state index in [1.165, 1.54) is 11.3 Å². The number of rotatable bonds is 10. The van der Waals surface area contributed by atoms with Crippen molar-refractivity contribution in [3.8, 4) is 5.75 Å². The van der Waals surface area contributed by atoms with Crippen molar-refractivity contribution in [2.75, 3.05) is 12.4 Å². The minimum atomic E-state index is 0.0523. The summed E-state index contributed by atoms with van der Waals surface area (Å²) in [6.45, 7) is 4.19. The van der Waals surface area contributed by atoms with Crippen LogP contribution in [0.1, 0.15) is 45.1 Å². The zero-order valence-corrected chi connectivity index (χ0v) is 16.6. The zero-order chi connectivity index (χ0) is 18.1. The van der Waals surface area contributed by atoms with Gasteiger partial charge in [-0.25, -0.2) is 0 Å². The van der Waals surface area contributed by atoms with Crippen LogP contribution in [0.3, 0.4) is 0 Å². The summed E-state index contributed by atoms with van der Waals surface area (Å²) < 4.78 is 6.08. The molecule has 0 saturated carbocycles. The molecule has 5 nitrogen and oxygen atoms in total. The van der Waals surface area contributed by atoms with Gasteiger partial charge in [0.1, 0.15) is 5.75 Å². The van der Waals surface area contributed by atoms with Crippen LogP contribution in [0.5, 0.6) is 5.75 Å². The minimum absolute atomic E-state index is 0.0523. The smallest absolute Gasteiger partial charge is 0.229 e. The van der Waals surface area contributed by atoms with Crippen molar-refractivity contribution in [1.29, 1.82) is 0 Å². The van der Waals surface area contributed by atoms with Crippen molar-refractivity contribution in [2.24, 2.45) is 5.92 Å². The summed E-state index contributed by atoms with van der Waals surface area (Å²) in [4.78, 5) is 12.3. The molecule has 1 aromatic carbocycles. The van der Waals surface area contributed by atoms with Crippen molar-refractivity contribution < 1.29 is 9.53 Å². The molecule has 0 fully saturated rings. The second kappa shape index (κ2) is 10.4. The van der Waals surface area contributed by atoms with Gasteiger partial charge in [0.05, 0.1) is 7.11 Å². The van der Waals surface area contributed by atoms with Gasteiger partial charge < -0.3 is 10.1 Å². The number of ether oxygens (including phenoxy) is 1. The summed E-state index contributed by atoms with van der Waals surface area (Å²) >= 11 is 3.03. The largest absolute Gasteiger partial charge is 0.497 e. The summed E-state index contributed by atoms with van der Waals surface area (Å²) in [6.07, 6.45) is 3.95. The number of carbonyl (C=O) groups is 1. The Morgan fingerprint density at radius 2 is 2.20 bits per heavy atom. The van der Waals surface area contributed by atoms with Crippen LogP contribution in [-0.4, -0.2) is 23.2 Å². The fourth-order valence-electron chi connectivity index (χ4n) is 2.40. The standard InChI is InChI=1S/C18H25N3O2S2/c1-4-6-9-14(5-2)16(22)19-17-20-21-18(25-17)24-12-13-8-7-10-15(11-13)23-3/h7-8,10-11,14H,4-6,9,12H2,1-3H3,(H,19,20,22). The van der Waals surface area contributed by atoms with Crippen LogP contribution < -0.4 is 10.1 Å². The predicted molar refractivity (Wildman–Crippen MR) is 104 cm³/mol. The number of aromatic nitrogens is 2. The Labute approximate surface area is 157 Å². The molecule has 7 heteroatoms. The van der Waals surface area contributed by atoms with Gasteiger partial charge in [-0.15, -0.1) is 10.2 Å². The van der Waals surface area contributed by atoms with Gasteiger partial charge in [0.25, 0.3) is 0 Å². The normalized spacial score (nSPS) is 12.0. The lowest BCUT2D eigenvalue weighted by Crippen LogP contribution is -2.22. The van der Waals surface area contributed by atoms with Crippen LogP contribution in [0, 0.1) is 5.92 Å². The van der Waals surface area contributed by atoms with E-state index in [0.29, 0.717) is 5.13 Å². The first-order valence-corrected chi connectivity index (χ1v) is 10.4. The first-order valence-electron chi connectivity index (χ1n) is 8.56. The number of thioether (sulfide) groups is 1. The number of amides is 1. The Balaban J connectivity index is 1.87. The molecule has 0 aliphatic heterocycles. The number of nitrogens with zero attached hydrogens (tertiary/aromatic N) is 2. The Morgan fingerprint density at radius 3 is 2.92 bits per heavy atom. The van der Waals surface area contributed by atoms with Crippen LogP contribution in [0.15, 0.2) is 28.6 Å². The Morgan fingerprint density at radius 1 is 1.36 bits per heavy atom. The molecule has 1 atom stereocenters. The number of hydrogen-bond acceptors (Lipinski definition) is 6. The molecule has 1 unspecified atom stereocenters. The molecule has 0 aliphatic rings. The molecule has 0 radical (unpaired) electrons. The molecule has 0 spiro atoms. The summed E-state index contributed by atoms with van der Waals surface area (Å²) in [5, 5.41) is 11.7. The van der Waals surface area contributed by atoms with E-state index >= 15 is 0 Å². The molecule has 1 N–H and O–H groups in total. The number of benzene rings is 1. The summed E-state index contributed by atoms with van der Waals surface area (Å²) in [7, 11) is 1.66. The van der Waals surface area contributed by atoms with Crippen molar-refractivity contribution in [3.05, 3.63) is 29.8 Å². The predicted octanol–water partition coefficient (Wildman–Crippen LogP) is 4.99. The molecular weight excluding hydrogens is 354 g/mol. The highest BCUT2D eigenvalue weighted by molar-refractivity contribution is 8.00. The highest BCUT2D eigenvalue weighted by Crippen LogP contribution is 2.29. The lowest BCUT2D eigenvalue weighted by Gasteiger charge is -2.12. The van der Waals surface area contributed by atoms with E-state index in [0.717, 1.165) is 47.1 Å². The third-order valence-electron chi connectivity index (χ3n) is 3.90. The maximum Gasteiger partial charge on any atom is 0.229 e. The number of unbranched alkanes of at least 4 members (excludes halogenated alkanes) is 1. The SMILES string of the molecule is CCCCC(CC)C(=O)Nc1nnc(SCc2cccc(OC)c2)s1. The third-order valence-corrected chi connectivity index (χ3v) is 5.95. The van der Waals surface area contributed by atoms with E-state index in [4.69, 9.17) is 4.74 Å². The fraction of sp³-hybridized carbons (Fsp3) is 0.500. The first kappa shape index (κ1) is 19.7. The second-order valence-corrected chi connectivity index (χ2v) is 7.95. The number of methoxy groups -OCH3 is 1. The van der Waals surface area contributed by atoms with Gasteiger partial charge in [0.15, 0.2) is 4.34 Å². The van der Waals surface area contributed by atoms with E-state index in [1.54, 1.807) is 18.9 Å². The monoisotopic (exact) mass is 379 g/mol. The molecule has 2 aromatic rings. The van der Waals surface area contributed by atoms with Gasteiger partial charge in [-0.05, 0) is 30.5 Å².